The molecular weight excluding hydrogens is 120 g/mol. The van der Waals surface area contributed by atoms with Crippen molar-refractivity contribution < 1.29 is 0 Å². The zero-order valence-corrected chi connectivity index (χ0v) is 7.10. The molecule has 0 nitrogen and oxygen atoms in total. The van der Waals surface area contributed by atoms with E-state index in [1.165, 1.54) is 44.9 Å². The molecule has 0 heteroatoms. The van der Waals surface area contributed by atoms with Crippen LogP contribution in [0.5, 0.6) is 0 Å². The second kappa shape index (κ2) is 4.76. The highest BCUT2D eigenvalue weighted by Gasteiger charge is 2.10. The van der Waals surface area contributed by atoms with Gasteiger partial charge < -0.3 is 0 Å². The lowest BCUT2D eigenvalue weighted by Crippen LogP contribution is -1.97. The Morgan fingerprint density at radius 2 is 2.20 bits per heavy atom. The van der Waals surface area contributed by atoms with E-state index < -0.39 is 0 Å². The Morgan fingerprint density at radius 3 is 3.00 bits per heavy atom. The number of hydrogen-bond acceptors (Lipinski definition) is 0. The molecule has 1 rings (SSSR count). The summed E-state index contributed by atoms with van der Waals surface area (Å²) >= 11 is 0. The molecule has 1 fully saturated rings. The third-order valence-electron chi connectivity index (χ3n) is 2.44. The highest BCUT2D eigenvalue weighted by Crippen LogP contribution is 2.25. The first-order valence-electron chi connectivity index (χ1n) is 4.77. The Morgan fingerprint density at radius 1 is 1.30 bits per heavy atom. The minimum absolute atomic E-state index is 0.965. The van der Waals surface area contributed by atoms with Crippen LogP contribution in [0, 0.1) is 12.3 Å². The SMILES string of the molecule is CCCC1[CH]CCCCC1. The molecule has 0 spiro atoms. The molecule has 0 N–H and O–H groups in total. The summed E-state index contributed by atoms with van der Waals surface area (Å²) in [6.45, 7) is 2.29. The van der Waals surface area contributed by atoms with Gasteiger partial charge in [-0.3, -0.25) is 0 Å². The average molecular weight is 139 g/mol. The first-order chi connectivity index (χ1) is 4.93. The lowest BCUT2D eigenvalue weighted by molar-refractivity contribution is 0.498. The van der Waals surface area contributed by atoms with Crippen LogP contribution in [0.1, 0.15) is 51.9 Å². The van der Waals surface area contributed by atoms with E-state index in [2.05, 4.69) is 13.3 Å². The topological polar surface area (TPSA) is 0 Å². The van der Waals surface area contributed by atoms with E-state index in [1.54, 1.807) is 0 Å². The monoisotopic (exact) mass is 139 g/mol. The molecule has 0 aromatic carbocycles. The minimum atomic E-state index is 0.965. The Balaban J connectivity index is 2.15. The van der Waals surface area contributed by atoms with Gasteiger partial charge in [-0.25, -0.2) is 0 Å². The van der Waals surface area contributed by atoms with Crippen molar-refractivity contribution in [3.05, 3.63) is 6.42 Å². The predicted molar refractivity (Wildman–Crippen MR) is 45.8 cm³/mol. The summed E-state index contributed by atoms with van der Waals surface area (Å²) in [5, 5.41) is 0. The molecule has 1 aliphatic carbocycles. The van der Waals surface area contributed by atoms with Crippen molar-refractivity contribution in [2.24, 2.45) is 5.92 Å². The van der Waals surface area contributed by atoms with Crippen LogP contribution in [-0.4, -0.2) is 0 Å². The van der Waals surface area contributed by atoms with E-state index in [4.69, 9.17) is 0 Å². The third-order valence-corrected chi connectivity index (χ3v) is 2.44. The van der Waals surface area contributed by atoms with E-state index >= 15 is 0 Å². The molecule has 0 amide bonds. The van der Waals surface area contributed by atoms with Gasteiger partial charge in [0.15, 0.2) is 0 Å². The van der Waals surface area contributed by atoms with Crippen molar-refractivity contribution in [1.82, 2.24) is 0 Å². The van der Waals surface area contributed by atoms with Crippen molar-refractivity contribution in [2.45, 2.75) is 51.9 Å². The van der Waals surface area contributed by atoms with Gasteiger partial charge in [0, 0.05) is 0 Å². The molecule has 0 aromatic heterocycles. The fourth-order valence-electron chi connectivity index (χ4n) is 1.83. The molecule has 10 heavy (non-hydrogen) atoms. The van der Waals surface area contributed by atoms with Gasteiger partial charge in [-0.2, -0.15) is 0 Å². The Bertz CT molecular complexity index is 68.1. The summed E-state index contributed by atoms with van der Waals surface area (Å²) < 4.78 is 0. The van der Waals surface area contributed by atoms with E-state index in [-0.39, 0.29) is 0 Å². The van der Waals surface area contributed by atoms with Gasteiger partial charge in [0.05, 0.1) is 0 Å². The van der Waals surface area contributed by atoms with Crippen LogP contribution in [0.25, 0.3) is 0 Å². The molecule has 1 radical (unpaired) electrons. The van der Waals surface area contributed by atoms with Crippen molar-refractivity contribution >= 4 is 0 Å². The molecule has 59 valence electrons. The smallest absolute Gasteiger partial charge is 0.0355 e. The lowest BCUT2D eigenvalue weighted by Gasteiger charge is -2.10. The molecule has 0 aliphatic heterocycles. The number of hydrogen-bond donors (Lipinski definition) is 0. The maximum Gasteiger partial charge on any atom is -0.0355 e. The van der Waals surface area contributed by atoms with Gasteiger partial charge in [-0.15, -0.1) is 0 Å². The highest BCUT2D eigenvalue weighted by molar-refractivity contribution is 4.78. The van der Waals surface area contributed by atoms with E-state index in [0.717, 1.165) is 5.92 Å². The summed E-state index contributed by atoms with van der Waals surface area (Å²) in [7, 11) is 0. The predicted octanol–water partition coefficient (Wildman–Crippen LogP) is 3.57. The Hall–Kier alpha value is 0. The van der Waals surface area contributed by atoms with Gasteiger partial charge in [0.1, 0.15) is 0 Å². The average Bonchev–Trinajstić information content (AvgIpc) is 2.17. The highest BCUT2D eigenvalue weighted by atomic mass is 14.2. The van der Waals surface area contributed by atoms with Crippen LogP contribution in [0.3, 0.4) is 0 Å². The van der Waals surface area contributed by atoms with Gasteiger partial charge >= 0.3 is 0 Å². The Kier molecular flexibility index (Phi) is 3.86. The molecular formula is C10H19. The first-order valence-corrected chi connectivity index (χ1v) is 4.77. The zero-order valence-electron chi connectivity index (χ0n) is 7.10. The van der Waals surface area contributed by atoms with Gasteiger partial charge in [0.25, 0.3) is 0 Å². The molecule has 1 saturated carbocycles. The van der Waals surface area contributed by atoms with Crippen LogP contribution < -0.4 is 0 Å². The maximum atomic E-state index is 2.55. The minimum Gasteiger partial charge on any atom is -0.0654 e. The van der Waals surface area contributed by atoms with E-state index in [9.17, 15) is 0 Å². The van der Waals surface area contributed by atoms with Gasteiger partial charge in [0.2, 0.25) is 0 Å². The molecule has 1 atom stereocenters. The van der Waals surface area contributed by atoms with Gasteiger partial charge in [-0.05, 0) is 18.8 Å². The van der Waals surface area contributed by atoms with E-state index in [0.29, 0.717) is 0 Å². The van der Waals surface area contributed by atoms with Gasteiger partial charge in [-0.1, -0.05) is 45.4 Å². The van der Waals surface area contributed by atoms with Crippen molar-refractivity contribution in [1.29, 1.82) is 0 Å². The van der Waals surface area contributed by atoms with Crippen molar-refractivity contribution in [2.75, 3.05) is 0 Å². The quantitative estimate of drug-likeness (QED) is 0.513. The summed E-state index contributed by atoms with van der Waals surface area (Å²) in [5.74, 6) is 0.965. The lowest BCUT2D eigenvalue weighted by atomic mass is 9.96. The molecule has 0 heterocycles. The number of rotatable bonds is 2. The molecule has 0 aromatic rings. The largest absolute Gasteiger partial charge is 0.0654 e. The molecule has 0 bridgehead atoms. The first kappa shape index (κ1) is 8.10. The fourth-order valence-corrected chi connectivity index (χ4v) is 1.83. The summed E-state index contributed by atoms with van der Waals surface area (Å²) in [6, 6.07) is 0. The van der Waals surface area contributed by atoms with Crippen LogP contribution >= 0.6 is 0 Å². The molecule has 1 aliphatic rings. The van der Waals surface area contributed by atoms with Crippen molar-refractivity contribution in [3.8, 4) is 0 Å². The summed E-state index contributed by atoms with van der Waals surface area (Å²) in [6.07, 6.45) is 12.6. The second-order valence-electron chi connectivity index (χ2n) is 3.42. The summed E-state index contributed by atoms with van der Waals surface area (Å²) in [4.78, 5) is 0. The second-order valence-corrected chi connectivity index (χ2v) is 3.42. The zero-order chi connectivity index (χ0) is 7.23. The summed E-state index contributed by atoms with van der Waals surface area (Å²) in [5.41, 5.74) is 0. The third kappa shape index (κ3) is 2.72. The Labute approximate surface area is 65.0 Å². The molecule has 1 unspecified atom stereocenters. The van der Waals surface area contributed by atoms with Crippen LogP contribution in [0.4, 0.5) is 0 Å². The standard InChI is InChI=1S/C10H19/c1-2-7-10-8-5-3-4-6-9-10/h8,10H,2-7,9H2,1H3. The van der Waals surface area contributed by atoms with E-state index in [1.807, 2.05) is 0 Å². The molecule has 0 saturated heterocycles. The van der Waals surface area contributed by atoms with Crippen LogP contribution in [0.2, 0.25) is 0 Å². The maximum absolute atomic E-state index is 2.55. The normalized spacial score (nSPS) is 22.5. The fraction of sp³-hybridized carbons (Fsp3) is 0.900. The van der Waals surface area contributed by atoms with Crippen molar-refractivity contribution in [3.63, 3.8) is 0 Å². The van der Waals surface area contributed by atoms with Crippen LogP contribution in [-0.2, 0) is 0 Å². The van der Waals surface area contributed by atoms with Crippen LogP contribution in [0.15, 0.2) is 0 Å².